The SMILES string of the molecule is Br.Br.Br.Br.Br.Br.Br.Br.O.O.O.O=[N+]([O-])c1cc(CN2CCCNCCNCCCNCC2)cc(CN2CCCNCCNCCCNCC2)c1. The Balaban J connectivity index is -0.000000218. The van der Waals surface area contributed by atoms with Gasteiger partial charge < -0.3 is 48.3 Å². The van der Waals surface area contributed by atoms with Crippen LogP contribution in [0.3, 0.4) is 0 Å². The van der Waals surface area contributed by atoms with Crippen LogP contribution in [0.1, 0.15) is 36.8 Å². The Hall–Kier alpha value is 2.02. The van der Waals surface area contributed by atoms with Crippen molar-refractivity contribution in [2.24, 2.45) is 0 Å². The van der Waals surface area contributed by atoms with Crippen molar-refractivity contribution in [3.63, 3.8) is 0 Å². The molecule has 0 spiro atoms. The molecule has 3 rings (SSSR count). The molecular weight excluding hydrogens is 1180 g/mol. The standard InChI is InChI=1S/C28H53N9O2.8BrH.3H2O/c38-37(39)28-22-26(24-35-17-3-9-31-13-11-29-5-1-7-33-15-19-35)21-27(23-28)25-36-18-4-10-32-14-12-30-6-2-8-34-16-20-36;;;;;;;;;;;/h21-23,29-34H,1-20,24-25H2;8*1H;3*1H2. The Morgan fingerprint density at radius 1 is 0.460 bits per heavy atom. The molecule has 0 saturated carbocycles. The minimum Gasteiger partial charge on any atom is -0.412 e. The largest absolute Gasteiger partial charge is 0.412 e. The third-order valence-electron chi connectivity index (χ3n) is 7.30. The van der Waals surface area contributed by atoms with Gasteiger partial charge in [-0.2, -0.15) is 0 Å². The second-order valence-electron chi connectivity index (χ2n) is 10.7. The molecule has 2 aliphatic rings. The summed E-state index contributed by atoms with van der Waals surface area (Å²) in [7, 11) is 0. The first-order chi connectivity index (χ1) is 19.2. The average molecular weight is 1250 g/mol. The average Bonchev–Trinajstić information content (AvgIpc) is 2.92. The molecule has 22 heteroatoms. The normalized spacial score (nSPS) is 17.1. The second kappa shape index (κ2) is 49.0. The fraction of sp³-hybridized carbons (Fsp3) is 0.786. The summed E-state index contributed by atoms with van der Waals surface area (Å²) in [6, 6.07) is 5.74. The van der Waals surface area contributed by atoms with Crippen molar-refractivity contribution in [1.82, 2.24) is 41.7 Å². The molecule has 1 aromatic rings. The third-order valence-corrected chi connectivity index (χ3v) is 7.30. The second-order valence-corrected chi connectivity index (χ2v) is 10.7. The Morgan fingerprint density at radius 2 is 0.760 bits per heavy atom. The highest BCUT2D eigenvalue weighted by molar-refractivity contribution is 8.93. The van der Waals surface area contributed by atoms with Crippen molar-refractivity contribution >= 4 is 142 Å². The fourth-order valence-corrected chi connectivity index (χ4v) is 5.20. The van der Waals surface area contributed by atoms with E-state index in [4.69, 9.17) is 0 Å². The lowest BCUT2D eigenvalue weighted by Crippen LogP contribution is -2.37. The molecule has 14 nitrogen and oxygen atoms in total. The van der Waals surface area contributed by atoms with Crippen molar-refractivity contribution in [1.29, 1.82) is 0 Å². The zero-order valence-electron chi connectivity index (χ0n) is 28.7. The molecule has 0 radical (unpaired) electrons. The molecule has 0 amide bonds. The summed E-state index contributed by atoms with van der Waals surface area (Å²) in [5.41, 5.74) is 2.27. The summed E-state index contributed by atoms with van der Waals surface area (Å²) in [5.74, 6) is 0. The van der Waals surface area contributed by atoms with Crippen molar-refractivity contribution in [2.45, 2.75) is 38.8 Å². The van der Waals surface area contributed by atoms with E-state index in [9.17, 15) is 10.1 Å². The Bertz CT molecular complexity index is 758. The van der Waals surface area contributed by atoms with Crippen LogP contribution >= 0.6 is 136 Å². The van der Waals surface area contributed by atoms with Gasteiger partial charge in [0, 0.05) is 77.6 Å². The van der Waals surface area contributed by atoms with Crippen molar-refractivity contribution < 1.29 is 21.4 Å². The molecule has 1 aromatic carbocycles. The van der Waals surface area contributed by atoms with Crippen LogP contribution < -0.4 is 31.9 Å². The summed E-state index contributed by atoms with van der Waals surface area (Å²) >= 11 is 0. The highest BCUT2D eigenvalue weighted by Crippen LogP contribution is 2.20. The van der Waals surface area contributed by atoms with Crippen LogP contribution in [-0.2, 0) is 13.1 Å². The lowest BCUT2D eigenvalue weighted by Gasteiger charge is -2.25. The zero-order chi connectivity index (χ0) is 27.4. The fourth-order valence-electron chi connectivity index (χ4n) is 5.20. The number of hydrogen-bond donors (Lipinski definition) is 6. The summed E-state index contributed by atoms with van der Waals surface area (Å²) < 4.78 is 0. The number of non-ortho nitro benzene ring substituents is 1. The van der Waals surface area contributed by atoms with Crippen LogP contribution in [0.2, 0.25) is 0 Å². The number of hydrogen-bond acceptors (Lipinski definition) is 10. The third kappa shape index (κ3) is 35.7. The Labute approximate surface area is 383 Å². The van der Waals surface area contributed by atoms with Crippen LogP contribution in [0.4, 0.5) is 5.69 Å². The molecule has 2 fully saturated rings. The molecule has 2 aliphatic heterocycles. The molecule has 0 aliphatic carbocycles. The number of nitrogens with one attached hydrogen (secondary N) is 6. The molecule has 0 aromatic heterocycles. The van der Waals surface area contributed by atoms with Gasteiger partial charge in [-0.15, -0.1) is 136 Å². The van der Waals surface area contributed by atoms with Crippen LogP contribution in [-0.4, -0.2) is 136 Å². The summed E-state index contributed by atoms with van der Waals surface area (Å²) in [5, 5.41) is 33.0. The quantitative estimate of drug-likeness (QED) is 0.187. The smallest absolute Gasteiger partial charge is 0.270 e. The molecule has 310 valence electrons. The van der Waals surface area contributed by atoms with Gasteiger partial charge in [0.1, 0.15) is 0 Å². The van der Waals surface area contributed by atoms with Crippen LogP contribution in [0.5, 0.6) is 0 Å². The highest BCUT2D eigenvalue weighted by Gasteiger charge is 2.15. The van der Waals surface area contributed by atoms with Crippen LogP contribution in [0, 0.1) is 10.1 Å². The van der Waals surface area contributed by atoms with E-state index in [1.165, 1.54) is 0 Å². The highest BCUT2D eigenvalue weighted by atomic mass is 79.9. The first kappa shape index (κ1) is 73.2. The monoisotopic (exact) mass is 1240 g/mol. The Kier molecular flexibility index (Phi) is 71.8. The first-order valence-electron chi connectivity index (χ1n) is 15.2. The first-order valence-corrected chi connectivity index (χ1v) is 15.2. The van der Waals surface area contributed by atoms with Crippen LogP contribution in [0.15, 0.2) is 18.2 Å². The van der Waals surface area contributed by atoms with Crippen molar-refractivity contribution in [2.75, 3.05) is 105 Å². The predicted molar refractivity (Wildman–Crippen MR) is 253 cm³/mol. The minimum atomic E-state index is -0.238. The van der Waals surface area contributed by atoms with E-state index in [1.54, 1.807) is 12.1 Å². The molecule has 0 bridgehead atoms. The van der Waals surface area contributed by atoms with Gasteiger partial charge in [0.2, 0.25) is 0 Å². The number of nitrogens with zero attached hydrogens (tertiary/aromatic N) is 3. The van der Waals surface area contributed by atoms with Gasteiger partial charge in [0.25, 0.3) is 5.69 Å². The molecular formula is C28H67Br8N9O5. The van der Waals surface area contributed by atoms with Crippen molar-refractivity contribution in [3.05, 3.63) is 39.4 Å². The number of nitro groups is 1. The zero-order valence-corrected chi connectivity index (χ0v) is 42.4. The molecule has 12 N–H and O–H groups in total. The summed E-state index contributed by atoms with van der Waals surface area (Å²) in [4.78, 5) is 16.5. The summed E-state index contributed by atoms with van der Waals surface area (Å²) in [6.07, 6.45) is 4.36. The molecule has 0 unspecified atom stereocenters. The van der Waals surface area contributed by atoms with Gasteiger partial charge in [-0.1, -0.05) is 6.07 Å². The van der Waals surface area contributed by atoms with E-state index < -0.39 is 0 Å². The maximum atomic E-state index is 11.9. The number of rotatable bonds is 5. The van der Waals surface area contributed by atoms with E-state index in [0.29, 0.717) is 0 Å². The number of halogens is 8. The van der Waals surface area contributed by atoms with E-state index in [2.05, 4.69) is 47.8 Å². The van der Waals surface area contributed by atoms with Gasteiger partial charge in [-0.3, -0.25) is 19.9 Å². The van der Waals surface area contributed by atoms with E-state index >= 15 is 0 Å². The van der Waals surface area contributed by atoms with Gasteiger partial charge in [0.15, 0.2) is 0 Å². The number of nitro benzene ring substituents is 1. The van der Waals surface area contributed by atoms with E-state index in [0.717, 1.165) is 155 Å². The molecule has 2 saturated heterocycles. The summed E-state index contributed by atoms with van der Waals surface area (Å²) in [6.45, 7) is 17.2. The maximum absolute atomic E-state index is 11.9. The minimum absolute atomic E-state index is 0. The van der Waals surface area contributed by atoms with E-state index in [-0.39, 0.29) is 163 Å². The Morgan fingerprint density at radius 3 is 1.08 bits per heavy atom. The van der Waals surface area contributed by atoms with E-state index in [1.807, 2.05) is 0 Å². The van der Waals surface area contributed by atoms with Gasteiger partial charge in [0.05, 0.1) is 4.92 Å². The molecule has 0 atom stereocenters. The molecule has 50 heavy (non-hydrogen) atoms. The van der Waals surface area contributed by atoms with Gasteiger partial charge in [-0.05, 0) is 89.2 Å². The number of benzene rings is 1. The van der Waals surface area contributed by atoms with Crippen molar-refractivity contribution in [3.8, 4) is 0 Å². The lowest BCUT2D eigenvalue weighted by molar-refractivity contribution is -0.385. The van der Waals surface area contributed by atoms with Gasteiger partial charge in [-0.25, -0.2) is 0 Å². The van der Waals surface area contributed by atoms with Gasteiger partial charge >= 0.3 is 0 Å². The lowest BCUT2D eigenvalue weighted by atomic mass is 10.1. The van der Waals surface area contributed by atoms with Crippen LogP contribution in [0.25, 0.3) is 0 Å². The maximum Gasteiger partial charge on any atom is 0.270 e. The predicted octanol–water partition coefficient (Wildman–Crippen LogP) is 2.47. The molecule has 2 heterocycles. The topological polar surface area (TPSA) is 216 Å².